The Morgan fingerprint density at radius 3 is 2.23 bits per heavy atom. The van der Waals surface area contributed by atoms with Crippen LogP contribution in [0.1, 0.15) is 79.1 Å². The molecule has 0 aromatic heterocycles. The molecule has 370 valence electrons. The van der Waals surface area contributed by atoms with Crippen molar-refractivity contribution in [2.24, 2.45) is 40.4 Å². The smallest absolute Gasteiger partial charge is 0.394 e. The van der Waals surface area contributed by atoms with Crippen LogP contribution in [0.15, 0.2) is 23.8 Å². The van der Waals surface area contributed by atoms with Gasteiger partial charge in [-0.1, -0.05) is 44.6 Å². The zero-order valence-corrected chi connectivity index (χ0v) is 38.0. The van der Waals surface area contributed by atoms with Crippen LogP contribution in [0.4, 0.5) is 0 Å². The third-order valence-electron chi connectivity index (χ3n) is 17.4. The zero-order valence-electron chi connectivity index (χ0n) is 37.2. The van der Waals surface area contributed by atoms with Gasteiger partial charge in [-0.05, 0) is 74.5 Å². The van der Waals surface area contributed by atoms with E-state index in [9.17, 15) is 53.8 Å². The molecule has 4 aliphatic carbocycles. The second kappa shape index (κ2) is 17.8. The number of aliphatic hydroxyl groups is 8. The largest absolute Gasteiger partial charge is 0.397 e. The topological polar surface area (TPSA) is 299 Å². The molecule has 0 amide bonds. The van der Waals surface area contributed by atoms with Crippen molar-refractivity contribution in [3.05, 3.63) is 23.8 Å². The average Bonchev–Trinajstić information content (AvgIpc) is 3.71. The highest BCUT2D eigenvalue weighted by Crippen LogP contribution is 2.71. The third kappa shape index (κ3) is 8.32. The number of hydrogen-bond donors (Lipinski definition) is 9. The van der Waals surface area contributed by atoms with Crippen LogP contribution in [0.2, 0.25) is 0 Å². The van der Waals surface area contributed by atoms with Crippen molar-refractivity contribution in [3.63, 3.8) is 0 Å². The molecule has 1 spiro atoms. The second-order valence-corrected chi connectivity index (χ2v) is 21.8. The molecule has 3 saturated carbocycles. The maximum absolute atomic E-state index is 11.9. The van der Waals surface area contributed by atoms with Crippen LogP contribution in [0.25, 0.3) is 0 Å². The predicted molar refractivity (Wildman–Crippen MR) is 220 cm³/mol. The van der Waals surface area contributed by atoms with Crippen molar-refractivity contribution in [2.75, 3.05) is 19.8 Å². The summed E-state index contributed by atoms with van der Waals surface area (Å²) in [5.41, 5.74) is 1.28. The molecule has 8 fully saturated rings. The first-order valence-corrected chi connectivity index (χ1v) is 24.6. The molecule has 0 unspecified atom stereocenters. The lowest BCUT2D eigenvalue weighted by molar-refractivity contribution is -0.363. The SMILES string of the molecule is C=C1CC[C@@]2(OC1)O[C@H]1C[C@H]3[C@@H]4CC=C5C[C@@H](O[C@@H]6O[C@H](CO)[C@@H](O)[C@H](O)[C@H]6O)C[C@@H](O[C@@H]6OC[C@H](OS(=O)(=O)O)[C@H](O)[C@H]6O[C@@H]6O[C@@H](C)[C@H](O)[C@@H](O)[C@H]6O)[C@]5(C)[C@H]4CC[C@]3(C)[C@H]1[C@@H]2C. The van der Waals surface area contributed by atoms with Crippen molar-refractivity contribution in [1.29, 1.82) is 0 Å². The van der Waals surface area contributed by atoms with Crippen LogP contribution in [0, 0.1) is 40.4 Å². The highest BCUT2D eigenvalue weighted by molar-refractivity contribution is 7.80. The monoisotopic (exact) mass is 948 g/mol. The van der Waals surface area contributed by atoms with E-state index in [1.165, 1.54) is 6.92 Å². The molecule has 0 radical (unpaired) electrons. The summed E-state index contributed by atoms with van der Waals surface area (Å²) in [4.78, 5) is 0. The fourth-order valence-electron chi connectivity index (χ4n) is 13.9. The Balaban J connectivity index is 1.03. The summed E-state index contributed by atoms with van der Waals surface area (Å²) in [7, 11) is -5.12. The summed E-state index contributed by atoms with van der Waals surface area (Å²) in [5, 5.41) is 85.7. The predicted octanol–water partition coefficient (Wildman–Crippen LogP) is -0.429. The van der Waals surface area contributed by atoms with E-state index in [1.54, 1.807) is 0 Å². The Hall–Kier alpha value is -1.29. The van der Waals surface area contributed by atoms with E-state index < -0.39 is 133 Å². The van der Waals surface area contributed by atoms with Crippen molar-refractivity contribution < 1.29 is 95.9 Å². The molecule has 0 aromatic rings. The van der Waals surface area contributed by atoms with E-state index in [4.69, 9.17) is 42.1 Å². The molecule has 9 aliphatic rings. The van der Waals surface area contributed by atoms with Gasteiger partial charge in [-0.3, -0.25) is 4.55 Å². The Labute approximate surface area is 378 Å². The summed E-state index contributed by atoms with van der Waals surface area (Å²) >= 11 is 0. The Kier molecular flexibility index (Phi) is 13.4. The summed E-state index contributed by atoms with van der Waals surface area (Å²) in [6.07, 6.45) is -16.0. The van der Waals surface area contributed by atoms with Gasteiger partial charge in [0, 0.05) is 24.2 Å². The van der Waals surface area contributed by atoms with Crippen molar-refractivity contribution >= 4 is 10.4 Å². The molecule has 0 bridgehead atoms. The van der Waals surface area contributed by atoms with Crippen LogP contribution in [0.3, 0.4) is 0 Å². The lowest BCUT2D eigenvalue weighted by Gasteiger charge is -2.61. The molecule has 20 nitrogen and oxygen atoms in total. The molecule has 9 rings (SSSR count). The van der Waals surface area contributed by atoms with Crippen LogP contribution in [-0.2, 0) is 52.5 Å². The van der Waals surface area contributed by atoms with Crippen LogP contribution in [0.5, 0.6) is 0 Å². The fraction of sp³-hybridized carbons (Fsp3) is 0.909. The molecule has 9 N–H and O–H groups in total. The van der Waals surface area contributed by atoms with E-state index in [0.717, 1.165) is 49.7 Å². The molecule has 0 aromatic carbocycles. The lowest BCUT2D eigenvalue weighted by Crippen LogP contribution is -2.64. The van der Waals surface area contributed by atoms with E-state index >= 15 is 0 Å². The zero-order chi connectivity index (χ0) is 46.7. The normalized spacial score (nSPS) is 54.7. The maximum Gasteiger partial charge on any atom is 0.397 e. The van der Waals surface area contributed by atoms with Gasteiger partial charge >= 0.3 is 10.4 Å². The standard InChI is InChI=1S/C44H68O20S/c1-18-8-11-44(57-16-18)19(2)30-26(63-44)14-25-23-7-6-21-12-22(59-40-37(52)35(50)32(47)27(15-45)60-40)13-29(43(21,5)24(23)9-10-42(25,30)4)61-41-38(33(48)28(17-56-41)64-65(53,54)55)62-39-36(51)34(49)31(46)20(3)58-39/h6,19-20,22-41,45-52H,1,7-17H2,2-5H3,(H,53,54,55)/t19-,20-,22+,23+,24-,25-,26-,27+,28-,29+,30-,31-,32+,33-,34+,35-,36+,37+,38+,39-,40+,41-,42-,43-,44+/m0/s1. The quantitative estimate of drug-likeness (QED) is 0.105. The van der Waals surface area contributed by atoms with Gasteiger partial charge in [0.05, 0.1) is 44.2 Å². The number of hydrogen-bond acceptors (Lipinski definition) is 19. The van der Waals surface area contributed by atoms with E-state index in [0.29, 0.717) is 13.0 Å². The molecule has 21 heteroatoms. The molecular formula is C44H68O20S. The van der Waals surface area contributed by atoms with Gasteiger partial charge in [0.15, 0.2) is 24.7 Å². The Bertz CT molecular complexity index is 1890. The lowest BCUT2D eigenvalue weighted by atomic mass is 9.46. The van der Waals surface area contributed by atoms with Crippen LogP contribution in [-0.4, -0.2) is 184 Å². The first kappa shape index (κ1) is 48.7. The molecule has 25 atom stereocenters. The molecule has 65 heavy (non-hydrogen) atoms. The number of aliphatic hydroxyl groups excluding tert-OH is 8. The summed E-state index contributed by atoms with van der Waals surface area (Å²) in [5.74, 6) is 0.334. The molecular weight excluding hydrogens is 881 g/mol. The van der Waals surface area contributed by atoms with Gasteiger partial charge in [-0.15, -0.1) is 0 Å². The third-order valence-corrected chi connectivity index (χ3v) is 17.9. The van der Waals surface area contributed by atoms with Crippen molar-refractivity contribution in [1.82, 2.24) is 0 Å². The minimum absolute atomic E-state index is 0.0191. The second-order valence-electron chi connectivity index (χ2n) is 20.8. The number of rotatable bonds is 9. The average molecular weight is 949 g/mol. The van der Waals surface area contributed by atoms with Gasteiger partial charge in [0.2, 0.25) is 0 Å². The first-order chi connectivity index (χ1) is 30.6. The highest BCUT2D eigenvalue weighted by atomic mass is 32.3. The van der Waals surface area contributed by atoms with Crippen LogP contribution < -0.4 is 0 Å². The molecule has 5 aliphatic heterocycles. The fourth-order valence-corrected chi connectivity index (χ4v) is 14.4. The Morgan fingerprint density at radius 1 is 0.846 bits per heavy atom. The number of ether oxygens (including phenoxy) is 8. The minimum Gasteiger partial charge on any atom is -0.394 e. The summed E-state index contributed by atoms with van der Waals surface area (Å²) in [6.45, 7) is 11.6. The highest BCUT2D eigenvalue weighted by Gasteiger charge is 2.70. The first-order valence-electron chi connectivity index (χ1n) is 23.2. The van der Waals surface area contributed by atoms with Gasteiger partial charge < -0.3 is 78.7 Å². The van der Waals surface area contributed by atoms with Crippen molar-refractivity contribution in [2.45, 2.75) is 189 Å². The van der Waals surface area contributed by atoms with Gasteiger partial charge in [-0.25, -0.2) is 4.18 Å². The molecule has 5 heterocycles. The molecule has 5 saturated heterocycles. The number of allylic oxidation sites excluding steroid dienone is 1. The van der Waals surface area contributed by atoms with E-state index in [1.807, 2.05) is 0 Å². The maximum atomic E-state index is 11.9. The van der Waals surface area contributed by atoms with Crippen LogP contribution >= 0.6 is 0 Å². The summed E-state index contributed by atoms with van der Waals surface area (Å²) in [6, 6.07) is 0. The van der Waals surface area contributed by atoms with Gasteiger partial charge in [0.1, 0.15) is 61.0 Å². The summed E-state index contributed by atoms with van der Waals surface area (Å²) < 4.78 is 88.6. The van der Waals surface area contributed by atoms with Gasteiger partial charge in [0.25, 0.3) is 0 Å². The van der Waals surface area contributed by atoms with E-state index in [2.05, 4.69) is 33.4 Å². The van der Waals surface area contributed by atoms with Gasteiger partial charge in [-0.2, -0.15) is 8.42 Å². The minimum atomic E-state index is -5.12. The number of fused-ring (bicyclic) bond motifs is 7. The van der Waals surface area contributed by atoms with E-state index in [-0.39, 0.29) is 47.5 Å². The van der Waals surface area contributed by atoms with Crippen molar-refractivity contribution in [3.8, 4) is 0 Å². The Morgan fingerprint density at radius 2 is 1.55 bits per heavy atom.